The second-order valence-corrected chi connectivity index (χ2v) is 7.54. The van der Waals surface area contributed by atoms with Gasteiger partial charge >= 0.3 is 6.18 Å². The van der Waals surface area contributed by atoms with Crippen molar-refractivity contribution in [2.24, 2.45) is 0 Å². The van der Waals surface area contributed by atoms with Crippen LogP contribution in [0, 0.1) is 0 Å². The fourth-order valence-corrected chi connectivity index (χ4v) is 3.93. The molecule has 0 amide bonds. The van der Waals surface area contributed by atoms with E-state index in [-0.39, 0.29) is 29.8 Å². The van der Waals surface area contributed by atoms with Gasteiger partial charge in [0, 0.05) is 25.5 Å². The second kappa shape index (κ2) is 7.80. The Morgan fingerprint density at radius 1 is 1.03 bits per heavy atom. The molecule has 3 heterocycles. The molecule has 8 heteroatoms. The Kier molecular flexibility index (Phi) is 4.94. The first-order valence-electron chi connectivity index (χ1n) is 9.91. The summed E-state index contributed by atoms with van der Waals surface area (Å²) < 4.78 is 53.1. The third-order valence-electron chi connectivity index (χ3n) is 5.35. The maximum Gasteiger partial charge on any atom is 0.450 e. The molecule has 0 saturated heterocycles. The average Bonchev–Trinajstić information content (AvgIpc) is 2.79. The topological polar surface area (TPSA) is 55.6 Å². The maximum atomic E-state index is 14.0. The molecule has 0 N–H and O–H groups in total. The third kappa shape index (κ3) is 3.62. The van der Waals surface area contributed by atoms with Crippen molar-refractivity contribution in [3.8, 4) is 16.9 Å². The predicted molar refractivity (Wildman–Crippen MR) is 112 cm³/mol. The van der Waals surface area contributed by atoms with Gasteiger partial charge in [0.15, 0.2) is 0 Å². The minimum Gasteiger partial charge on any atom is -0.478 e. The molecular formula is C24H17F3N2O3. The van der Waals surface area contributed by atoms with Crippen LogP contribution in [-0.2, 0) is 19.3 Å². The Morgan fingerprint density at radius 2 is 1.84 bits per heavy atom. The first-order valence-corrected chi connectivity index (χ1v) is 9.91. The summed E-state index contributed by atoms with van der Waals surface area (Å²) in [7, 11) is 0. The molecule has 2 aromatic carbocycles. The lowest BCUT2D eigenvalue weighted by Crippen LogP contribution is -2.32. The van der Waals surface area contributed by atoms with Gasteiger partial charge in [-0.1, -0.05) is 36.4 Å². The van der Waals surface area contributed by atoms with Gasteiger partial charge in [0.05, 0.1) is 16.5 Å². The Morgan fingerprint density at radius 3 is 2.56 bits per heavy atom. The van der Waals surface area contributed by atoms with E-state index in [1.54, 1.807) is 36.7 Å². The molecule has 1 aliphatic rings. The number of nitrogens with zero attached hydrogens (tertiary/aromatic N) is 2. The van der Waals surface area contributed by atoms with Gasteiger partial charge < -0.3 is 9.15 Å². The van der Waals surface area contributed by atoms with E-state index >= 15 is 0 Å². The summed E-state index contributed by atoms with van der Waals surface area (Å²) in [6.45, 7) is 1.01. The van der Waals surface area contributed by atoms with Gasteiger partial charge in [-0.2, -0.15) is 13.2 Å². The Bertz CT molecular complexity index is 1340. The summed E-state index contributed by atoms with van der Waals surface area (Å²) in [4.78, 5) is 19.2. The average molecular weight is 438 g/mol. The molecule has 4 aromatic rings. The van der Waals surface area contributed by atoms with Crippen LogP contribution in [0.1, 0.15) is 16.9 Å². The lowest BCUT2D eigenvalue weighted by atomic mass is 10.00. The molecule has 1 aliphatic heterocycles. The molecule has 0 unspecified atom stereocenters. The Balaban J connectivity index is 1.66. The molecule has 0 spiro atoms. The Labute approximate surface area is 180 Å². The molecule has 32 heavy (non-hydrogen) atoms. The van der Waals surface area contributed by atoms with E-state index in [4.69, 9.17) is 9.15 Å². The Hall–Kier alpha value is -3.65. The van der Waals surface area contributed by atoms with Crippen LogP contribution in [0.2, 0.25) is 0 Å². The molecule has 0 fully saturated rings. The van der Waals surface area contributed by atoms with Gasteiger partial charge in [-0.25, -0.2) is 0 Å². The lowest BCUT2D eigenvalue weighted by molar-refractivity contribution is -0.152. The summed E-state index contributed by atoms with van der Waals surface area (Å²) in [5.74, 6) is -0.900. The minimum atomic E-state index is -4.84. The zero-order valence-corrected chi connectivity index (χ0v) is 16.7. The monoisotopic (exact) mass is 438 g/mol. The van der Waals surface area contributed by atoms with Gasteiger partial charge in [0.2, 0.25) is 11.2 Å². The SMILES string of the molecule is O=c1c(-c2ccccc2)c(C(F)(F)F)oc2c3c(ccc12)OCN(Cc1cccnc1)C3. The zero-order chi connectivity index (χ0) is 22.3. The smallest absolute Gasteiger partial charge is 0.450 e. The molecular weight excluding hydrogens is 421 g/mol. The van der Waals surface area contributed by atoms with E-state index < -0.39 is 22.9 Å². The van der Waals surface area contributed by atoms with Crippen LogP contribution in [-0.4, -0.2) is 16.6 Å². The molecule has 2 aromatic heterocycles. The van der Waals surface area contributed by atoms with E-state index in [2.05, 4.69) is 4.98 Å². The van der Waals surface area contributed by atoms with Crippen LogP contribution in [0.5, 0.6) is 5.75 Å². The highest BCUT2D eigenvalue weighted by molar-refractivity contribution is 5.87. The normalized spacial score (nSPS) is 14.2. The van der Waals surface area contributed by atoms with Crippen molar-refractivity contribution < 1.29 is 22.3 Å². The van der Waals surface area contributed by atoms with Crippen LogP contribution < -0.4 is 10.2 Å². The van der Waals surface area contributed by atoms with Crippen molar-refractivity contribution in [3.63, 3.8) is 0 Å². The van der Waals surface area contributed by atoms with Crippen LogP contribution >= 0.6 is 0 Å². The van der Waals surface area contributed by atoms with E-state index in [0.717, 1.165) is 5.56 Å². The van der Waals surface area contributed by atoms with Crippen molar-refractivity contribution in [1.82, 2.24) is 9.88 Å². The summed E-state index contributed by atoms with van der Waals surface area (Å²) in [6.07, 6.45) is -1.46. The molecule has 0 saturated carbocycles. The fraction of sp³-hybridized carbons (Fsp3) is 0.167. The number of halogens is 3. The van der Waals surface area contributed by atoms with Crippen molar-refractivity contribution >= 4 is 11.0 Å². The quantitative estimate of drug-likeness (QED) is 0.439. The van der Waals surface area contributed by atoms with Crippen molar-refractivity contribution in [2.45, 2.75) is 19.3 Å². The van der Waals surface area contributed by atoms with Crippen molar-refractivity contribution in [2.75, 3.05) is 6.73 Å². The minimum absolute atomic E-state index is 0.0856. The number of aromatic nitrogens is 1. The molecule has 5 nitrogen and oxygen atoms in total. The number of hydrogen-bond acceptors (Lipinski definition) is 5. The number of alkyl halides is 3. The molecule has 0 bridgehead atoms. The summed E-state index contributed by atoms with van der Waals surface area (Å²) in [6, 6.07) is 14.5. The lowest BCUT2D eigenvalue weighted by Gasteiger charge is -2.29. The van der Waals surface area contributed by atoms with Gasteiger partial charge in [0.25, 0.3) is 0 Å². The van der Waals surface area contributed by atoms with Crippen LogP contribution in [0.25, 0.3) is 22.1 Å². The zero-order valence-electron chi connectivity index (χ0n) is 16.7. The maximum absolute atomic E-state index is 14.0. The number of benzene rings is 2. The fourth-order valence-electron chi connectivity index (χ4n) is 3.93. The predicted octanol–water partition coefficient (Wildman–Crippen LogP) is 5.23. The second-order valence-electron chi connectivity index (χ2n) is 7.54. The van der Waals surface area contributed by atoms with Crippen LogP contribution in [0.4, 0.5) is 13.2 Å². The summed E-state index contributed by atoms with van der Waals surface area (Å²) in [5, 5.41) is 0.0856. The van der Waals surface area contributed by atoms with Gasteiger partial charge in [-0.3, -0.25) is 14.7 Å². The highest BCUT2D eigenvalue weighted by atomic mass is 19.4. The summed E-state index contributed by atoms with van der Waals surface area (Å²) in [5.41, 5.74) is 0.188. The molecule has 5 rings (SSSR count). The number of fused-ring (bicyclic) bond motifs is 3. The van der Waals surface area contributed by atoms with Crippen LogP contribution in [0.3, 0.4) is 0 Å². The number of ether oxygens (including phenoxy) is 1. The standard InChI is InChI=1S/C24H17F3N2O3/c25-24(26,27)23-20(16-6-2-1-3-7-16)21(30)17-8-9-19-18(22(17)32-23)13-29(14-31-19)12-15-5-4-10-28-11-15/h1-11H,12-14H2. The molecule has 162 valence electrons. The van der Waals surface area contributed by atoms with Gasteiger partial charge in [-0.05, 0) is 29.3 Å². The largest absolute Gasteiger partial charge is 0.478 e. The molecule has 0 radical (unpaired) electrons. The number of pyridine rings is 1. The van der Waals surface area contributed by atoms with Gasteiger partial charge in [-0.15, -0.1) is 0 Å². The van der Waals surface area contributed by atoms with Crippen LogP contribution in [0.15, 0.2) is 76.2 Å². The molecule has 0 aliphatic carbocycles. The summed E-state index contributed by atoms with van der Waals surface area (Å²) >= 11 is 0. The van der Waals surface area contributed by atoms with E-state index in [0.29, 0.717) is 17.9 Å². The number of hydrogen-bond donors (Lipinski definition) is 0. The highest BCUT2D eigenvalue weighted by Gasteiger charge is 2.40. The van der Waals surface area contributed by atoms with E-state index in [1.807, 2.05) is 17.0 Å². The van der Waals surface area contributed by atoms with E-state index in [9.17, 15) is 18.0 Å². The highest BCUT2D eigenvalue weighted by Crippen LogP contribution is 2.40. The van der Waals surface area contributed by atoms with Crippen molar-refractivity contribution in [3.05, 3.63) is 94.1 Å². The third-order valence-corrected chi connectivity index (χ3v) is 5.35. The first kappa shape index (κ1) is 20.3. The number of rotatable bonds is 3. The van der Waals surface area contributed by atoms with E-state index in [1.165, 1.54) is 18.2 Å². The molecule has 0 atom stereocenters. The first-order chi connectivity index (χ1) is 15.4. The van der Waals surface area contributed by atoms with Crippen molar-refractivity contribution in [1.29, 1.82) is 0 Å². The van der Waals surface area contributed by atoms with Gasteiger partial charge in [0.1, 0.15) is 18.1 Å².